The molecule has 2 heterocycles. The molecule has 8 nitrogen and oxygen atoms in total. The first-order chi connectivity index (χ1) is 11.8. The van der Waals surface area contributed by atoms with Crippen molar-refractivity contribution in [2.45, 2.75) is 18.7 Å². The third kappa shape index (κ3) is 3.51. The van der Waals surface area contributed by atoms with Gasteiger partial charge >= 0.3 is 0 Å². The highest BCUT2D eigenvalue weighted by molar-refractivity contribution is 7.89. The van der Waals surface area contributed by atoms with Gasteiger partial charge in [0.25, 0.3) is 5.69 Å². The second-order valence-corrected chi connectivity index (χ2v) is 8.97. The number of sulfonamides is 1. The van der Waals surface area contributed by atoms with E-state index in [9.17, 15) is 18.5 Å². The average molecular weight is 382 g/mol. The number of nitro benzene ring substituents is 1. The van der Waals surface area contributed by atoms with Crippen molar-refractivity contribution < 1.29 is 13.3 Å². The minimum absolute atomic E-state index is 0.000225. The molecule has 1 saturated heterocycles. The van der Waals surface area contributed by atoms with Crippen molar-refractivity contribution in [3.8, 4) is 0 Å². The maximum atomic E-state index is 12.9. The van der Waals surface area contributed by atoms with Crippen LogP contribution >= 0.6 is 11.3 Å². The number of benzene rings is 1. The maximum absolute atomic E-state index is 12.9. The Labute approximate surface area is 149 Å². The fourth-order valence-corrected chi connectivity index (χ4v) is 5.21. The zero-order valence-corrected chi connectivity index (χ0v) is 15.5. The van der Waals surface area contributed by atoms with E-state index < -0.39 is 14.9 Å². The van der Waals surface area contributed by atoms with Gasteiger partial charge in [-0.3, -0.25) is 10.1 Å². The van der Waals surface area contributed by atoms with Crippen molar-refractivity contribution in [2.75, 3.05) is 31.1 Å². The SMILES string of the molecule is Cc1cnc(N2CCN(S(=O)(=O)c3cc([N+](=O)[O-])ccc3C)CC2)s1. The Morgan fingerprint density at radius 3 is 2.44 bits per heavy atom. The van der Waals surface area contributed by atoms with Crippen LogP contribution in [0.2, 0.25) is 0 Å². The molecule has 25 heavy (non-hydrogen) atoms. The summed E-state index contributed by atoms with van der Waals surface area (Å²) in [6, 6.07) is 3.93. The lowest BCUT2D eigenvalue weighted by molar-refractivity contribution is -0.385. The lowest BCUT2D eigenvalue weighted by Gasteiger charge is -2.34. The largest absolute Gasteiger partial charge is 0.345 e. The van der Waals surface area contributed by atoms with Crippen LogP contribution in [-0.2, 0) is 10.0 Å². The molecule has 10 heteroatoms. The molecule has 1 aromatic heterocycles. The molecule has 0 bridgehead atoms. The Bertz CT molecular complexity index is 902. The molecule has 1 aliphatic heterocycles. The molecule has 134 valence electrons. The molecule has 0 aliphatic carbocycles. The molecule has 0 spiro atoms. The third-order valence-corrected chi connectivity index (χ3v) is 7.13. The normalized spacial score (nSPS) is 16.2. The summed E-state index contributed by atoms with van der Waals surface area (Å²) in [5.41, 5.74) is 0.282. The Morgan fingerprint density at radius 2 is 1.88 bits per heavy atom. The van der Waals surface area contributed by atoms with Crippen LogP contribution in [0.15, 0.2) is 29.3 Å². The van der Waals surface area contributed by atoms with Crippen molar-refractivity contribution in [3.05, 3.63) is 45.0 Å². The van der Waals surface area contributed by atoms with Gasteiger partial charge in [0.05, 0.1) is 9.82 Å². The predicted octanol–water partition coefficient (Wildman–Crippen LogP) is 2.18. The van der Waals surface area contributed by atoms with Gasteiger partial charge in [-0.25, -0.2) is 13.4 Å². The molecule has 0 N–H and O–H groups in total. The van der Waals surface area contributed by atoms with Crippen LogP contribution < -0.4 is 4.90 Å². The van der Waals surface area contributed by atoms with Gasteiger partial charge in [0.15, 0.2) is 5.13 Å². The highest BCUT2D eigenvalue weighted by atomic mass is 32.2. The van der Waals surface area contributed by atoms with Gasteiger partial charge in [-0.1, -0.05) is 6.07 Å². The Hall–Kier alpha value is -2.04. The third-order valence-electron chi connectivity index (χ3n) is 4.12. The van der Waals surface area contributed by atoms with Gasteiger partial charge in [-0.15, -0.1) is 11.3 Å². The summed E-state index contributed by atoms with van der Waals surface area (Å²) in [4.78, 5) is 17.9. The van der Waals surface area contributed by atoms with Gasteiger partial charge in [-0.05, 0) is 19.4 Å². The van der Waals surface area contributed by atoms with Crippen molar-refractivity contribution in [3.63, 3.8) is 0 Å². The number of nitrogens with zero attached hydrogens (tertiary/aromatic N) is 4. The van der Waals surface area contributed by atoms with Crippen LogP contribution in [0.4, 0.5) is 10.8 Å². The number of anilines is 1. The molecule has 0 saturated carbocycles. The molecule has 0 amide bonds. The molecule has 0 radical (unpaired) electrons. The van der Waals surface area contributed by atoms with Gasteiger partial charge in [0, 0.05) is 49.4 Å². The first-order valence-electron chi connectivity index (χ1n) is 7.71. The molecule has 0 unspecified atom stereocenters. The van der Waals surface area contributed by atoms with Gasteiger partial charge in [0.1, 0.15) is 0 Å². The highest BCUT2D eigenvalue weighted by Gasteiger charge is 2.31. The smallest absolute Gasteiger partial charge is 0.270 e. The topological polar surface area (TPSA) is 96.7 Å². The van der Waals surface area contributed by atoms with Gasteiger partial charge in [-0.2, -0.15) is 4.31 Å². The zero-order valence-electron chi connectivity index (χ0n) is 13.9. The number of hydrogen-bond acceptors (Lipinski definition) is 7. The molecule has 0 atom stereocenters. The molecule has 1 aromatic carbocycles. The zero-order chi connectivity index (χ0) is 18.2. The number of nitro groups is 1. The summed E-state index contributed by atoms with van der Waals surface area (Å²) < 4.78 is 27.2. The lowest BCUT2D eigenvalue weighted by atomic mass is 10.2. The predicted molar refractivity (Wildman–Crippen MR) is 95.7 cm³/mol. The Kier molecular flexibility index (Phi) is 4.76. The van der Waals surface area contributed by atoms with E-state index in [1.54, 1.807) is 24.5 Å². The lowest BCUT2D eigenvalue weighted by Crippen LogP contribution is -2.48. The number of aryl methyl sites for hydroxylation is 2. The minimum Gasteiger partial charge on any atom is -0.345 e. The van der Waals surface area contributed by atoms with Crippen LogP contribution in [-0.4, -0.2) is 48.8 Å². The molecular formula is C15H18N4O4S2. The number of rotatable bonds is 4. The van der Waals surface area contributed by atoms with Crippen LogP contribution in [0.3, 0.4) is 0 Å². The van der Waals surface area contributed by atoms with Crippen LogP contribution in [0.1, 0.15) is 10.4 Å². The van der Waals surface area contributed by atoms with Crippen molar-refractivity contribution in [1.82, 2.24) is 9.29 Å². The molecular weight excluding hydrogens is 364 g/mol. The first kappa shape index (κ1) is 17.8. The van der Waals surface area contributed by atoms with Crippen LogP contribution in [0.5, 0.6) is 0 Å². The van der Waals surface area contributed by atoms with Crippen molar-refractivity contribution in [1.29, 1.82) is 0 Å². The summed E-state index contributed by atoms with van der Waals surface area (Å²) >= 11 is 1.58. The summed E-state index contributed by atoms with van der Waals surface area (Å²) in [7, 11) is -3.76. The van der Waals surface area contributed by atoms with Crippen molar-refractivity contribution in [2.24, 2.45) is 0 Å². The quantitative estimate of drug-likeness (QED) is 0.594. The van der Waals surface area contributed by atoms with Gasteiger partial charge in [0.2, 0.25) is 10.0 Å². The number of thiazole rings is 1. The summed E-state index contributed by atoms with van der Waals surface area (Å²) in [6.45, 7) is 5.35. The Balaban J connectivity index is 1.80. The first-order valence-corrected chi connectivity index (χ1v) is 9.97. The Morgan fingerprint density at radius 1 is 1.20 bits per heavy atom. The fraction of sp³-hybridized carbons (Fsp3) is 0.400. The van der Waals surface area contributed by atoms with E-state index in [4.69, 9.17) is 0 Å². The summed E-state index contributed by atoms with van der Waals surface area (Å²) in [6.07, 6.45) is 1.80. The van der Waals surface area contributed by atoms with Crippen molar-refractivity contribution >= 4 is 32.2 Å². The second-order valence-electron chi connectivity index (χ2n) is 5.85. The van der Waals surface area contributed by atoms with E-state index >= 15 is 0 Å². The summed E-state index contributed by atoms with van der Waals surface area (Å²) in [5, 5.41) is 11.8. The van der Waals surface area contributed by atoms with Gasteiger partial charge < -0.3 is 4.90 Å². The molecule has 1 aliphatic rings. The summed E-state index contributed by atoms with van der Waals surface area (Å²) in [5.74, 6) is 0. The van der Waals surface area contributed by atoms with E-state index in [2.05, 4.69) is 9.88 Å². The molecule has 2 aromatic rings. The van der Waals surface area contributed by atoms with E-state index in [-0.39, 0.29) is 10.6 Å². The molecule has 1 fully saturated rings. The van der Waals surface area contributed by atoms with E-state index in [1.807, 2.05) is 6.92 Å². The minimum atomic E-state index is -3.76. The van der Waals surface area contributed by atoms with E-state index in [0.717, 1.165) is 16.1 Å². The van der Waals surface area contributed by atoms with Crippen LogP contribution in [0, 0.1) is 24.0 Å². The van der Waals surface area contributed by atoms with E-state index in [1.165, 1.54) is 16.4 Å². The number of piperazine rings is 1. The second kappa shape index (κ2) is 6.70. The number of non-ortho nitro benzene ring substituents is 1. The number of hydrogen-bond donors (Lipinski definition) is 0. The monoisotopic (exact) mass is 382 g/mol. The fourth-order valence-electron chi connectivity index (χ4n) is 2.73. The van der Waals surface area contributed by atoms with E-state index in [0.29, 0.717) is 31.7 Å². The highest BCUT2D eigenvalue weighted by Crippen LogP contribution is 2.27. The average Bonchev–Trinajstić information content (AvgIpc) is 3.01. The number of aromatic nitrogens is 1. The van der Waals surface area contributed by atoms with Crippen LogP contribution in [0.25, 0.3) is 0 Å². The maximum Gasteiger partial charge on any atom is 0.270 e. The molecule has 3 rings (SSSR count). The standard InChI is InChI=1S/C15H18N4O4S2/c1-11-3-4-13(19(20)21)9-14(11)25(22,23)18-7-5-17(6-8-18)15-16-10-12(2)24-15/h3-4,9-10H,5-8H2,1-2H3.